The molecule has 0 spiro atoms. The first-order chi connectivity index (χ1) is 11.2. The van der Waals surface area contributed by atoms with Crippen LogP contribution < -0.4 is 0 Å². The second-order valence-corrected chi connectivity index (χ2v) is 5.49. The van der Waals surface area contributed by atoms with E-state index in [0.29, 0.717) is 13.2 Å². The lowest BCUT2D eigenvalue weighted by Crippen LogP contribution is -2.30. The summed E-state index contributed by atoms with van der Waals surface area (Å²) in [5.41, 5.74) is 2.12. The van der Waals surface area contributed by atoms with Crippen LogP contribution in [-0.2, 0) is 19.7 Å². The van der Waals surface area contributed by atoms with Crippen molar-refractivity contribution in [1.29, 1.82) is 0 Å². The Balaban J connectivity index is 2.07. The largest absolute Gasteiger partial charge is 0.460 e. The molecule has 0 atom stereocenters. The highest BCUT2D eigenvalue weighted by Crippen LogP contribution is 2.32. The molecule has 0 N–H and O–H groups in total. The molecule has 2 aromatic rings. The van der Waals surface area contributed by atoms with Crippen LogP contribution in [0, 0.1) is 0 Å². The van der Waals surface area contributed by atoms with Crippen molar-refractivity contribution in [3.8, 4) is 0 Å². The van der Waals surface area contributed by atoms with E-state index in [9.17, 15) is 4.79 Å². The summed E-state index contributed by atoms with van der Waals surface area (Å²) in [7, 11) is 0. The van der Waals surface area contributed by atoms with Crippen LogP contribution in [0.4, 0.5) is 0 Å². The zero-order valence-electron chi connectivity index (χ0n) is 13.4. The third-order valence-electron chi connectivity index (χ3n) is 3.85. The third-order valence-corrected chi connectivity index (χ3v) is 3.85. The molecule has 120 valence electrons. The molecule has 3 heteroatoms. The molecule has 2 aromatic carbocycles. The van der Waals surface area contributed by atoms with Crippen LogP contribution in [0.1, 0.15) is 18.1 Å². The van der Waals surface area contributed by atoms with Gasteiger partial charge in [-0.1, -0.05) is 67.2 Å². The summed E-state index contributed by atoms with van der Waals surface area (Å²) in [6.45, 7) is 6.61. The third kappa shape index (κ3) is 4.54. The number of benzene rings is 2. The minimum Gasteiger partial charge on any atom is -0.460 e. The predicted octanol–water partition coefficient (Wildman–Crippen LogP) is 3.74. The Labute approximate surface area is 137 Å². The molecular weight excluding hydrogens is 288 g/mol. The van der Waals surface area contributed by atoms with Crippen LogP contribution in [-0.4, -0.2) is 25.8 Å². The number of esters is 1. The zero-order valence-corrected chi connectivity index (χ0v) is 13.4. The highest BCUT2D eigenvalue weighted by Gasteiger charge is 2.29. The van der Waals surface area contributed by atoms with Gasteiger partial charge in [0, 0.05) is 11.5 Å². The fraction of sp³-hybridized carbons (Fsp3) is 0.250. The standard InChI is InChI=1S/C20H22O3/c1-3-19(21)23-15-14-22-16-20(2,17-10-6-4-7-11-17)18-12-8-5-9-13-18/h3-13H,1,14-16H2,2H3. The highest BCUT2D eigenvalue weighted by molar-refractivity contribution is 5.81. The molecule has 0 saturated heterocycles. The Kier molecular flexibility index (Phi) is 6.12. The molecule has 0 amide bonds. The van der Waals surface area contributed by atoms with E-state index in [1.807, 2.05) is 36.4 Å². The Morgan fingerprint density at radius 3 is 2.00 bits per heavy atom. The first-order valence-electron chi connectivity index (χ1n) is 7.65. The van der Waals surface area contributed by atoms with Gasteiger partial charge in [-0.15, -0.1) is 0 Å². The van der Waals surface area contributed by atoms with E-state index >= 15 is 0 Å². The van der Waals surface area contributed by atoms with Gasteiger partial charge in [0.1, 0.15) is 6.61 Å². The van der Waals surface area contributed by atoms with Crippen LogP contribution in [0.15, 0.2) is 73.3 Å². The van der Waals surface area contributed by atoms with Gasteiger partial charge in [-0.05, 0) is 18.1 Å². The molecule has 3 nitrogen and oxygen atoms in total. The lowest BCUT2D eigenvalue weighted by atomic mass is 9.77. The maximum atomic E-state index is 11.0. The monoisotopic (exact) mass is 310 g/mol. The molecule has 23 heavy (non-hydrogen) atoms. The summed E-state index contributed by atoms with van der Waals surface area (Å²) in [6, 6.07) is 20.6. The van der Waals surface area contributed by atoms with E-state index in [-0.39, 0.29) is 12.0 Å². The molecule has 0 aliphatic rings. The summed E-state index contributed by atoms with van der Waals surface area (Å²) >= 11 is 0. The minimum atomic E-state index is -0.428. The van der Waals surface area contributed by atoms with Crippen LogP contribution >= 0.6 is 0 Å². The molecule has 0 heterocycles. The highest BCUT2D eigenvalue weighted by atomic mass is 16.6. The average Bonchev–Trinajstić information content (AvgIpc) is 2.62. The predicted molar refractivity (Wildman–Crippen MR) is 91.3 cm³/mol. The Hall–Kier alpha value is -2.39. The Bertz CT molecular complexity index is 580. The van der Waals surface area contributed by atoms with Crippen LogP contribution in [0.25, 0.3) is 0 Å². The van der Waals surface area contributed by atoms with E-state index in [4.69, 9.17) is 9.47 Å². The van der Waals surface area contributed by atoms with Crippen LogP contribution in [0.5, 0.6) is 0 Å². The molecule has 0 saturated carbocycles. The topological polar surface area (TPSA) is 35.5 Å². The molecule has 0 aromatic heterocycles. The Morgan fingerprint density at radius 2 is 1.52 bits per heavy atom. The second kappa shape index (κ2) is 8.30. The van der Waals surface area contributed by atoms with Gasteiger partial charge in [0.25, 0.3) is 0 Å². The van der Waals surface area contributed by atoms with Crippen molar-refractivity contribution in [2.45, 2.75) is 12.3 Å². The number of ether oxygens (including phenoxy) is 2. The fourth-order valence-corrected chi connectivity index (χ4v) is 2.48. The number of rotatable bonds is 8. The maximum absolute atomic E-state index is 11.0. The number of hydrogen-bond donors (Lipinski definition) is 0. The molecule has 0 bridgehead atoms. The van der Waals surface area contributed by atoms with Crippen molar-refractivity contribution in [3.05, 3.63) is 84.4 Å². The summed E-state index contributed by atoms with van der Waals surface area (Å²) in [5, 5.41) is 0. The van der Waals surface area contributed by atoms with Gasteiger partial charge in [0.05, 0.1) is 13.2 Å². The van der Waals surface area contributed by atoms with Crippen molar-refractivity contribution >= 4 is 5.97 Å². The van der Waals surface area contributed by atoms with Crippen molar-refractivity contribution in [2.24, 2.45) is 0 Å². The lowest BCUT2D eigenvalue weighted by molar-refractivity contribution is -0.139. The first-order valence-corrected chi connectivity index (χ1v) is 7.65. The summed E-state index contributed by atoms with van der Waals surface area (Å²) in [4.78, 5) is 11.0. The number of carbonyl (C=O) groups is 1. The van der Waals surface area contributed by atoms with Crippen LogP contribution in [0.2, 0.25) is 0 Å². The Morgan fingerprint density at radius 1 is 1.00 bits per heavy atom. The van der Waals surface area contributed by atoms with E-state index in [1.165, 1.54) is 11.1 Å². The van der Waals surface area contributed by atoms with Gasteiger partial charge in [-0.25, -0.2) is 4.79 Å². The van der Waals surface area contributed by atoms with E-state index < -0.39 is 5.97 Å². The molecule has 0 unspecified atom stereocenters. The quantitative estimate of drug-likeness (QED) is 0.423. The van der Waals surface area contributed by atoms with E-state index in [0.717, 1.165) is 6.08 Å². The van der Waals surface area contributed by atoms with Crippen molar-refractivity contribution in [2.75, 3.05) is 19.8 Å². The van der Waals surface area contributed by atoms with Gasteiger partial charge >= 0.3 is 5.97 Å². The molecule has 2 rings (SSSR count). The molecule has 0 aliphatic heterocycles. The number of carbonyl (C=O) groups excluding carboxylic acids is 1. The first kappa shape index (κ1) is 17.0. The van der Waals surface area contributed by atoms with Crippen molar-refractivity contribution in [3.63, 3.8) is 0 Å². The summed E-state index contributed by atoms with van der Waals surface area (Å²) in [6.07, 6.45) is 1.15. The lowest BCUT2D eigenvalue weighted by Gasteiger charge is -2.30. The molecular formula is C20H22O3. The van der Waals surface area contributed by atoms with Crippen LogP contribution in [0.3, 0.4) is 0 Å². The number of hydrogen-bond acceptors (Lipinski definition) is 3. The molecule has 0 radical (unpaired) electrons. The normalized spacial score (nSPS) is 11.0. The van der Waals surface area contributed by atoms with Gasteiger partial charge in [-0.3, -0.25) is 0 Å². The molecule has 0 aliphatic carbocycles. The second-order valence-electron chi connectivity index (χ2n) is 5.49. The average molecular weight is 310 g/mol. The fourth-order valence-electron chi connectivity index (χ4n) is 2.48. The van der Waals surface area contributed by atoms with Crippen molar-refractivity contribution < 1.29 is 14.3 Å². The van der Waals surface area contributed by atoms with Crippen molar-refractivity contribution in [1.82, 2.24) is 0 Å². The van der Waals surface area contributed by atoms with E-state index in [1.54, 1.807) is 0 Å². The smallest absolute Gasteiger partial charge is 0.330 e. The zero-order chi connectivity index (χ0) is 16.5. The minimum absolute atomic E-state index is 0.227. The SMILES string of the molecule is C=CC(=O)OCCOCC(C)(c1ccccc1)c1ccccc1. The van der Waals surface area contributed by atoms with Gasteiger partial charge in [-0.2, -0.15) is 0 Å². The van der Waals surface area contributed by atoms with Gasteiger partial charge in [0.15, 0.2) is 0 Å². The van der Waals surface area contributed by atoms with Gasteiger partial charge < -0.3 is 9.47 Å². The summed E-state index contributed by atoms with van der Waals surface area (Å²) in [5.74, 6) is -0.428. The van der Waals surface area contributed by atoms with Gasteiger partial charge in [0.2, 0.25) is 0 Å². The van der Waals surface area contributed by atoms with E-state index in [2.05, 4.69) is 37.8 Å². The molecule has 0 fully saturated rings. The maximum Gasteiger partial charge on any atom is 0.330 e. The summed E-state index contributed by atoms with van der Waals surface area (Å²) < 4.78 is 10.7.